The lowest BCUT2D eigenvalue weighted by Crippen LogP contribution is -2.53. The number of morpholine rings is 1. The molecule has 7 nitrogen and oxygen atoms in total. The molecule has 2 heterocycles. The molecular formula is C16H26N2O5S. The zero-order valence-corrected chi connectivity index (χ0v) is 15.8. The Labute approximate surface area is 143 Å². The highest BCUT2D eigenvalue weighted by Gasteiger charge is 2.45. The van der Waals surface area contributed by atoms with Crippen LogP contribution in [0.15, 0.2) is 10.6 Å². The van der Waals surface area contributed by atoms with E-state index in [9.17, 15) is 13.2 Å². The number of hydrogen-bond donors (Lipinski definition) is 0. The predicted octanol–water partition coefficient (Wildman–Crippen LogP) is 1.52. The number of sulfonamides is 1. The van der Waals surface area contributed by atoms with Crippen LogP contribution in [-0.4, -0.2) is 54.7 Å². The third kappa shape index (κ3) is 3.70. The summed E-state index contributed by atoms with van der Waals surface area (Å²) in [4.78, 5) is 12.7. The molecule has 1 aromatic rings. The fraction of sp³-hybridized carbons (Fsp3) is 0.750. The molecule has 0 aliphatic carbocycles. The van der Waals surface area contributed by atoms with Gasteiger partial charge in [0.05, 0.1) is 25.3 Å². The van der Waals surface area contributed by atoms with E-state index in [-0.39, 0.29) is 24.9 Å². The van der Waals surface area contributed by atoms with Gasteiger partial charge < -0.3 is 9.26 Å². The Morgan fingerprint density at radius 2 is 1.79 bits per heavy atom. The summed E-state index contributed by atoms with van der Waals surface area (Å²) in [5, 5.41) is 3.97. The van der Waals surface area contributed by atoms with Crippen molar-refractivity contribution in [3.05, 3.63) is 17.5 Å². The Kier molecular flexibility index (Phi) is 5.22. The van der Waals surface area contributed by atoms with Gasteiger partial charge in [0.1, 0.15) is 10.5 Å². The third-order valence-corrected chi connectivity index (χ3v) is 6.85. The molecule has 1 aromatic heterocycles. The molecule has 8 heteroatoms. The van der Waals surface area contributed by atoms with Crippen LogP contribution < -0.4 is 0 Å². The molecule has 0 N–H and O–H groups in total. The summed E-state index contributed by atoms with van der Waals surface area (Å²) in [6.45, 7) is 10.1. The number of ketones is 1. The standard InChI is InChI=1S/C16H26N2O5S/c1-15(2,3)13-10-12(23-17-13)11-14(19)16(4,5)24(20,21)18-6-8-22-9-7-18/h10H,6-9,11H2,1-5H3. The largest absolute Gasteiger partial charge is 0.379 e. The summed E-state index contributed by atoms with van der Waals surface area (Å²) in [5.41, 5.74) is 0.541. The summed E-state index contributed by atoms with van der Waals surface area (Å²) < 4.78 is 35.8. The van der Waals surface area contributed by atoms with Gasteiger partial charge in [-0.05, 0) is 13.8 Å². The molecule has 136 valence electrons. The van der Waals surface area contributed by atoms with Crippen LogP contribution in [0.2, 0.25) is 0 Å². The molecule has 1 aliphatic heterocycles. The highest BCUT2D eigenvalue weighted by molar-refractivity contribution is 7.91. The lowest BCUT2D eigenvalue weighted by Gasteiger charge is -2.33. The van der Waals surface area contributed by atoms with Gasteiger partial charge in [-0.15, -0.1) is 0 Å². The Balaban J connectivity index is 2.16. The topological polar surface area (TPSA) is 89.7 Å². The van der Waals surface area contributed by atoms with Crippen molar-refractivity contribution in [1.82, 2.24) is 9.46 Å². The maximum atomic E-state index is 12.8. The van der Waals surface area contributed by atoms with E-state index in [0.717, 1.165) is 5.69 Å². The highest BCUT2D eigenvalue weighted by atomic mass is 32.2. The monoisotopic (exact) mass is 358 g/mol. The number of carbonyl (C=O) groups excluding carboxylic acids is 1. The molecule has 0 bridgehead atoms. The van der Waals surface area contributed by atoms with E-state index in [0.29, 0.717) is 19.0 Å². The number of aromatic nitrogens is 1. The summed E-state index contributed by atoms with van der Waals surface area (Å²) in [6, 6.07) is 1.72. The van der Waals surface area contributed by atoms with Crippen LogP contribution in [0.5, 0.6) is 0 Å². The van der Waals surface area contributed by atoms with E-state index in [2.05, 4.69) is 5.16 Å². The van der Waals surface area contributed by atoms with Crippen molar-refractivity contribution in [3.63, 3.8) is 0 Å². The zero-order chi connectivity index (χ0) is 18.2. The van der Waals surface area contributed by atoms with Crippen LogP contribution in [0, 0.1) is 0 Å². The maximum absolute atomic E-state index is 12.8. The lowest BCUT2D eigenvalue weighted by atomic mass is 9.92. The second-order valence-electron chi connectivity index (χ2n) is 7.56. The van der Waals surface area contributed by atoms with Crippen LogP contribution in [0.25, 0.3) is 0 Å². The maximum Gasteiger partial charge on any atom is 0.226 e. The molecule has 1 aliphatic rings. The predicted molar refractivity (Wildman–Crippen MR) is 89.3 cm³/mol. The van der Waals surface area contributed by atoms with Gasteiger partial charge in [0.25, 0.3) is 0 Å². The van der Waals surface area contributed by atoms with Crippen LogP contribution >= 0.6 is 0 Å². The number of Topliss-reactive ketones (excluding diaryl/α,β-unsaturated/α-hetero) is 1. The minimum Gasteiger partial charge on any atom is -0.379 e. The van der Waals surface area contributed by atoms with Crippen LogP contribution in [-0.2, 0) is 31.4 Å². The van der Waals surface area contributed by atoms with Crippen molar-refractivity contribution in [2.24, 2.45) is 0 Å². The van der Waals surface area contributed by atoms with Gasteiger partial charge in [-0.25, -0.2) is 8.42 Å². The number of nitrogens with zero attached hydrogens (tertiary/aromatic N) is 2. The highest BCUT2D eigenvalue weighted by Crippen LogP contribution is 2.26. The Bertz CT molecular complexity index is 694. The minimum absolute atomic E-state index is 0.0976. The Morgan fingerprint density at radius 3 is 2.29 bits per heavy atom. The van der Waals surface area contributed by atoms with E-state index in [1.54, 1.807) is 6.07 Å². The van der Waals surface area contributed by atoms with Crippen molar-refractivity contribution < 1.29 is 22.5 Å². The molecule has 1 fully saturated rings. The number of hydrogen-bond acceptors (Lipinski definition) is 6. The first kappa shape index (κ1) is 19.1. The van der Waals surface area contributed by atoms with Crippen LogP contribution in [0.3, 0.4) is 0 Å². The number of ether oxygens (including phenoxy) is 1. The van der Waals surface area contributed by atoms with Gasteiger partial charge in [-0.1, -0.05) is 25.9 Å². The molecule has 24 heavy (non-hydrogen) atoms. The summed E-state index contributed by atoms with van der Waals surface area (Å²) in [7, 11) is -3.76. The fourth-order valence-corrected chi connectivity index (χ4v) is 4.01. The summed E-state index contributed by atoms with van der Waals surface area (Å²) in [6.07, 6.45) is -0.0976. The molecule has 0 amide bonds. The van der Waals surface area contributed by atoms with Gasteiger partial charge >= 0.3 is 0 Å². The molecule has 0 saturated carbocycles. The normalized spacial score (nSPS) is 17.9. The third-order valence-electron chi connectivity index (χ3n) is 4.29. The average Bonchev–Trinajstić information content (AvgIpc) is 2.96. The zero-order valence-electron chi connectivity index (χ0n) is 15.0. The van der Waals surface area contributed by atoms with Crippen molar-refractivity contribution in [3.8, 4) is 0 Å². The summed E-state index contributed by atoms with van der Waals surface area (Å²) >= 11 is 0. The van der Waals surface area contributed by atoms with Gasteiger partial charge in [-0.3, -0.25) is 4.79 Å². The molecule has 0 aromatic carbocycles. The second-order valence-corrected chi connectivity index (χ2v) is 10.0. The second kappa shape index (κ2) is 6.57. The first-order valence-corrected chi connectivity index (χ1v) is 9.47. The van der Waals surface area contributed by atoms with E-state index < -0.39 is 20.6 Å². The van der Waals surface area contributed by atoms with Gasteiger partial charge in [-0.2, -0.15) is 4.31 Å². The number of rotatable bonds is 5. The smallest absolute Gasteiger partial charge is 0.226 e. The SMILES string of the molecule is CC(C)(C)c1cc(CC(=O)C(C)(C)S(=O)(=O)N2CCOCC2)on1. The molecule has 0 atom stereocenters. The average molecular weight is 358 g/mol. The Morgan fingerprint density at radius 1 is 1.21 bits per heavy atom. The quantitative estimate of drug-likeness (QED) is 0.793. The molecule has 0 unspecified atom stereocenters. The molecule has 0 spiro atoms. The van der Waals surface area contributed by atoms with E-state index in [1.807, 2.05) is 20.8 Å². The van der Waals surface area contributed by atoms with Crippen molar-refractivity contribution in [2.75, 3.05) is 26.3 Å². The molecule has 1 saturated heterocycles. The number of carbonyl (C=O) groups is 1. The van der Waals surface area contributed by atoms with Crippen molar-refractivity contribution in [1.29, 1.82) is 0 Å². The van der Waals surface area contributed by atoms with E-state index >= 15 is 0 Å². The van der Waals surface area contributed by atoms with Gasteiger partial charge in [0, 0.05) is 24.6 Å². The molecular weight excluding hydrogens is 332 g/mol. The van der Waals surface area contributed by atoms with Crippen molar-refractivity contribution >= 4 is 15.8 Å². The van der Waals surface area contributed by atoms with Gasteiger partial charge in [0.2, 0.25) is 10.0 Å². The first-order chi connectivity index (χ1) is 11.0. The summed E-state index contributed by atoms with van der Waals surface area (Å²) in [5.74, 6) is -0.0271. The fourth-order valence-electron chi connectivity index (χ4n) is 2.37. The van der Waals surface area contributed by atoms with Gasteiger partial charge in [0.15, 0.2) is 5.78 Å². The van der Waals surface area contributed by atoms with E-state index in [4.69, 9.17) is 9.26 Å². The van der Waals surface area contributed by atoms with Crippen molar-refractivity contribution in [2.45, 2.75) is 51.2 Å². The molecule has 2 rings (SSSR count). The van der Waals surface area contributed by atoms with Crippen LogP contribution in [0.1, 0.15) is 46.1 Å². The first-order valence-electron chi connectivity index (χ1n) is 8.03. The van der Waals surface area contributed by atoms with E-state index in [1.165, 1.54) is 18.2 Å². The Hall–Kier alpha value is -1.25. The minimum atomic E-state index is -3.76. The molecule has 0 radical (unpaired) electrons. The lowest BCUT2D eigenvalue weighted by molar-refractivity contribution is -0.120. The van der Waals surface area contributed by atoms with Crippen LogP contribution in [0.4, 0.5) is 0 Å².